The van der Waals surface area contributed by atoms with Gasteiger partial charge in [0.15, 0.2) is 0 Å². The van der Waals surface area contributed by atoms with E-state index in [-0.39, 0.29) is 17.8 Å². The van der Waals surface area contributed by atoms with E-state index in [4.69, 9.17) is 0 Å². The van der Waals surface area contributed by atoms with Crippen molar-refractivity contribution < 1.29 is 9.18 Å². The van der Waals surface area contributed by atoms with Crippen LogP contribution in [0.2, 0.25) is 0 Å². The molecule has 0 bridgehead atoms. The van der Waals surface area contributed by atoms with Gasteiger partial charge in [0, 0.05) is 18.3 Å². The molecule has 0 atom stereocenters. The summed E-state index contributed by atoms with van der Waals surface area (Å²) in [4.78, 5) is 21.1. The van der Waals surface area contributed by atoms with Crippen LogP contribution in [0.15, 0.2) is 30.3 Å². The normalized spacial score (nSPS) is 15.0. The van der Waals surface area contributed by atoms with E-state index in [0.29, 0.717) is 18.2 Å². The number of nitrogens with zero attached hydrogens (tertiary/aromatic N) is 2. The summed E-state index contributed by atoms with van der Waals surface area (Å²) in [6.45, 7) is 2.30. The van der Waals surface area contributed by atoms with E-state index in [2.05, 4.69) is 20.6 Å². The van der Waals surface area contributed by atoms with E-state index in [0.717, 1.165) is 36.9 Å². The van der Waals surface area contributed by atoms with Gasteiger partial charge in [-0.3, -0.25) is 4.79 Å². The zero-order chi connectivity index (χ0) is 17.6. The molecule has 0 radical (unpaired) electrons. The second kappa shape index (κ2) is 8.05. The van der Waals surface area contributed by atoms with Gasteiger partial charge in [0.1, 0.15) is 11.5 Å². The first-order chi connectivity index (χ1) is 12.1. The van der Waals surface area contributed by atoms with Crippen LogP contribution in [0.5, 0.6) is 0 Å². The maximum absolute atomic E-state index is 12.9. The zero-order valence-corrected chi connectivity index (χ0v) is 14.4. The molecule has 1 aromatic carbocycles. The first-order valence-electron chi connectivity index (χ1n) is 8.75. The van der Waals surface area contributed by atoms with Crippen molar-refractivity contribution >= 4 is 11.9 Å². The highest BCUT2D eigenvalue weighted by Gasteiger charge is 2.18. The third-order valence-electron chi connectivity index (χ3n) is 4.39. The molecule has 5 nitrogen and oxygen atoms in total. The van der Waals surface area contributed by atoms with Crippen molar-refractivity contribution in [3.8, 4) is 0 Å². The van der Waals surface area contributed by atoms with Crippen molar-refractivity contribution in [2.24, 2.45) is 0 Å². The summed E-state index contributed by atoms with van der Waals surface area (Å²) < 4.78 is 12.9. The molecule has 2 N–H and O–H groups in total. The molecule has 0 unspecified atom stereocenters. The van der Waals surface area contributed by atoms with Crippen molar-refractivity contribution in [3.63, 3.8) is 0 Å². The van der Waals surface area contributed by atoms with Crippen molar-refractivity contribution in [2.75, 3.05) is 5.32 Å². The molecule has 1 fully saturated rings. The number of aryl methyl sites for hydroxylation is 1. The van der Waals surface area contributed by atoms with Crippen LogP contribution in [0, 0.1) is 12.7 Å². The second-order valence-corrected chi connectivity index (χ2v) is 6.51. The number of carbonyl (C=O) groups excluding carboxylic acids is 1. The zero-order valence-electron chi connectivity index (χ0n) is 14.4. The Balaban J connectivity index is 1.64. The van der Waals surface area contributed by atoms with Crippen molar-refractivity contribution in [3.05, 3.63) is 53.1 Å². The van der Waals surface area contributed by atoms with Gasteiger partial charge in [0.2, 0.25) is 5.95 Å². The third kappa shape index (κ3) is 4.98. The van der Waals surface area contributed by atoms with E-state index in [1.54, 1.807) is 18.2 Å². The molecule has 2 aromatic rings. The Labute approximate surface area is 147 Å². The first kappa shape index (κ1) is 17.3. The van der Waals surface area contributed by atoms with E-state index < -0.39 is 0 Å². The molecule has 0 saturated heterocycles. The number of anilines is 1. The Hall–Kier alpha value is -2.50. The first-order valence-corrected chi connectivity index (χ1v) is 8.75. The number of hydrogen-bond acceptors (Lipinski definition) is 4. The van der Waals surface area contributed by atoms with E-state index in [1.165, 1.54) is 18.6 Å². The highest BCUT2D eigenvalue weighted by molar-refractivity contribution is 5.92. The van der Waals surface area contributed by atoms with Gasteiger partial charge < -0.3 is 10.6 Å². The molecule has 0 aliphatic heterocycles. The van der Waals surface area contributed by atoms with Crippen LogP contribution in [0.25, 0.3) is 0 Å². The summed E-state index contributed by atoms with van der Waals surface area (Å²) in [6, 6.07) is 8.17. The van der Waals surface area contributed by atoms with Gasteiger partial charge >= 0.3 is 0 Å². The molecule has 6 heteroatoms. The Kier molecular flexibility index (Phi) is 5.58. The van der Waals surface area contributed by atoms with Gasteiger partial charge in [-0.15, -0.1) is 0 Å². The van der Waals surface area contributed by atoms with Crippen molar-refractivity contribution in [1.29, 1.82) is 0 Å². The Bertz CT molecular complexity index is 727. The van der Waals surface area contributed by atoms with Gasteiger partial charge in [0.05, 0.1) is 0 Å². The highest BCUT2D eigenvalue weighted by Crippen LogP contribution is 2.18. The largest absolute Gasteiger partial charge is 0.350 e. The van der Waals surface area contributed by atoms with Crippen LogP contribution >= 0.6 is 0 Å². The van der Waals surface area contributed by atoms with Crippen molar-refractivity contribution in [1.82, 2.24) is 15.3 Å². The third-order valence-corrected chi connectivity index (χ3v) is 4.39. The number of amides is 1. The monoisotopic (exact) mass is 342 g/mol. The predicted octanol–water partition coefficient (Wildman–Crippen LogP) is 3.60. The van der Waals surface area contributed by atoms with Gasteiger partial charge in [-0.25, -0.2) is 14.4 Å². The number of carbonyl (C=O) groups is 1. The van der Waals surface area contributed by atoms with Crippen molar-refractivity contribution in [2.45, 2.75) is 51.6 Å². The average Bonchev–Trinajstić information content (AvgIpc) is 2.61. The van der Waals surface area contributed by atoms with Gasteiger partial charge in [0.25, 0.3) is 5.91 Å². The predicted molar refractivity (Wildman–Crippen MR) is 94.8 cm³/mol. The minimum Gasteiger partial charge on any atom is -0.350 e. The quantitative estimate of drug-likeness (QED) is 0.871. The van der Waals surface area contributed by atoms with Gasteiger partial charge in [-0.2, -0.15) is 0 Å². The molecule has 1 saturated carbocycles. The Morgan fingerprint density at radius 3 is 2.60 bits per heavy atom. The molecule has 1 amide bonds. The fourth-order valence-corrected chi connectivity index (χ4v) is 3.05. The molecular weight excluding hydrogens is 319 g/mol. The lowest BCUT2D eigenvalue weighted by molar-refractivity contribution is 0.0922. The highest BCUT2D eigenvalue weighted by atomic mass is 19.1. The van der Waals surface area contributed by atoms with E-state index in [9.17, 15) is 9.18 Å². The Morgan fingerprint density at radius 2 is 1.88 bits per heavy atom. The molecule has 0 spiro atoms. The molecule has 1 heterocycles. The number of nitrogens with one attached hydrogen (secondary N) is 2. The van der Waals surface area contributed by atoms with E-state index in [1.807, 2.05) is 6.92 Å². The van der Waals surface area contributed by atoms with Crippen LogP contribution in [-0.4, -0.2) is 21.9 Å². The standard InChI is InChI=1S/C19H23FN4O/c1-13-11-17(18(25)23-16-5-3-2-4-6-16)24-19(22-13)21-12-14-7-9-15(20)10-8-14/h7-11,16H,2-6,12H2,1H3,(H,23,25)(H,21,22,24). The fourth-order valence-electron chi connectivity index (χ4n) is 3.05. The summed E-state index contributed by atoms with van der Waals surface area (Å²) in [7, 11) is 0. The number of halogens is 1. The maximum atomic E-state index is 12.9. The average molecular weight is 342 g/mol. The lowest BCUT2D eigenvalue weighted by Gasteiger charge is -2.22. The van der Waals surface area contributed by atoms with Crippen LogP contribution < -0.4 is 10.6 Å². The molecule has 3 rings (SSSR count). The topological polar surface area (TPSA) is 66.9 Å². The lowest BCUT2D eigenvalue weighted by atomic mass is 9.95. The van der Waals surface area contributed by atoms with Gasteiger partial charge in [-0.05, 0) is 43.5 Å². The number of aromatic nitrogens is 2. The summed E-state index contributed by atoms with van der Waals surface area (Å²) in [5.41, 5.74) is 2.02. The van der Waals surface area contributed by atoms with Crippen LogP contribution in [0.4, 0.5) is 10.3 Å². The van der Waals surface area contributed by atoms with Gasteiger partial charge in [-0.1, -0.05) is 31.4 Å². The second-order valence-electron chi connectivity index (χ2n) is 6.51. The number of rotatable bonds is 5. The molecular formula is C19H23FN4O. The summed E-state index contributed by atoms with van der Waals surface area (Å²) in [5.74, 6) is -0.0161. The fraction of sp³-hybridized carbons (Fsp3) is 0.421. The van der Waals surface area contributed by atoms with E-state index >= 15 is 0 Å². The SMILES string of the molecule is Cc1cc(C(=O)NC2CCCCC2)nc(NCc2ccc(F)cc2)n1. The smallest absolute Gasteiger partial charge is 0.270 e. The Morgan fingerprint density at radius 1 is 1.16 bits per heavy atom. The minimum absolute atomic E-state index is 0.151. The molecule has 25 heavy (non-hydrogen) atoms. The van der Waals surface area contributed by atoms with Crippen LogP contribution in [0.1, 0.15) is 53.8 Å². The summed E-state index contributed by atoms with van der Waals surface area (Å²) in [5, 5.41) is 6.17. The van der Waals surface area contributed by atoms with Crippen LogP contribution in [0.3, 0.4) is 0 Å². The molecule has 1 aliphatic rings. The summed E-state index contributed by atoms with van der Waals surface area (Å²) >= 11 is 0. The molecule has 1 aliphatic carbocycles. The molecule has 1 aromatic heterocycles. The number of hydrogen-bond donors (Lipinski definition) is 2. The minimum atomic E-state index is -0.266. The maximum Gasteiger partial charge on any atom is 0.270 e. The summed E-state index contributed by atoms with van der Waals surface area (Å²) in [6.07, 6.45) is 5.64. The van der Waals surface area contributed by atoms with Crippen LogP contribution in [-0.2, 0) is 6.54 Å². The number of benzene rings is 1. The molecule has 132 valence electrons. The lowest BCUT2D eigenvalue weighted by Crippen LogP contribution is -2.36.